The molecule has 1 aromatic rings. The maximum Gasteiger partial charge on any atom is 0.225 e. The van der Waals surface area contributed by atoms with Gasteiger partial charge in [0.05, 0.1) is 0 Å². The quantitative estimate of drug-likeness (QED) is 0.863. The molecule has 2 saturated heterocycles. The lowest BCUT2D eigenvalue weighted by Gasteiger charge is -2.53. The molecule has 2 spiro atoms. The minimum Gasteiger partial charge on any atom is -0.351 e. The predicted molar refractivity (Wildman–Crippen MR) is 109 cm³/mol. The van der Waals surface area contributed by atoms with Gasteiger partial charge < -0.3 is 10.2 Å². The van der Waals surface area contributed by atoms with Crippen molar-refractivity contribution in [2.24, 2.45) is 11.3 Å². The van der Waals surface area contributed by atoms with Crippen molar-refractivity contribution in [3.8, 4) is 0 Å². The summed E-state index contributed by atoms with van der Waals surface area (Å²) >= 11 is 0. The maximum absolute atomic E-state index is 12.9. The molecule has 0 bridgehead atoms. The minimum atomic E-state index is -0.0418. The number of hydrogen-bond acceptors (Lipinski definition) is 2. The third-order valence-electron chi connectivity index (χ3n) is 7.97. The minimum absolute atomic E-state index is 0.0418. The van der Waals surface area contributed by atoms with Gasteiger partial charge >= 0.3 is 0 Å². The molecule has 4 nitrogen and oxygen atoms in total. The Morgan fingerprint density at radius 2 is 1.96 bits per heavy atom. The third-order valence-corrected chi connectivity index (χ3v) is 7.97. The fraction of sp³-hybridized carbons (Fsp3) is 0.667. The second kappa shape index (κ2) is 6.33. The molecule has 2 heterocycles. The smallest absolute Gasteiger partial charge is 0.225 e. The molecule has 5 rings (SSSR count). The van der Waals surface area contributed by atoms with E-state index in [1.807, 2.05) is 0 Å². The summed E-state index contributed by atoms with van der Waals surface area (Å²) < 4.78 is 0. The Bertz CT molecular complexity index is 803. The van der Waals surface area contributed by atoms with Crippen LogP contribution >= 0.6 is 0 Å². The zero-order valence-electron chi connectivity index (χ0n) is 17.2. The van der Waals surface area contributed by atoms with Crippen molar-refractivity contribution in [1.29, 1.82) is 0 Å². The van der Waals surface area contributed by atoms with Crippen molar-refractivity contribution in [1.82, 2.24) is 10.2 Å². The first-order valence-electron chi connectivity index (χ1n) is 11.1. The molecule has 28 heavy (non-hydrogen) atoms. The number of rotatable bonds is 3. The van der Waals surface area contributed by atoms with Gasteiger partial charge in [0.15, 0.2) is 0 Å². The molecule has 0 aromatic heterocycles. The first-order valence-corrected chi connectivity index (χ1v) is 11.1. The van der Waals surface area contributed by atoms with E-state index in [1.54, 1.807) is 0 Å². The summed E-state index contributed by atoms with van der Waals surface area (Å²) in [6, 6.07) is 9.14. The fourth-order valence-corrected chi connectivity index (χ4v) is 6.27. The summed E-state index contributed by atoms with van der Waals surface area (Å²) in [7, 11) is 0. The largest absolute Gasteiger partial charge is 0.351 e. The highest BCUT2D eigenvalue weighted by Crippen LogP contribution is 2.53. The van der Waals surface area contributed by atoms with Gasteiger partial charge in [-0.2, -0.15) is 0 Å². The Labute approximate surface area is 168 Å². The summed E-state index contributed by atoms with van der Waals surface area (Å²) in [5.41, 5.74) is 3.24. The van der Waals surface area contributed by atoms with Crippen molar-refractivity contribution in [2.75, 3.05) is 13.1 Å². The maximum atomic E-state index is 12.9. The molecule has 2 aliphatic carbocycles. The summed E-state index contributed by atoms with van der Waals surface area (Å²) in [4.78, 5) is 26.5. The number of carbonyl (C=O) groups excluding carboxylic acids is 2. The van der Waals surface area contributed by atoms with Crippen LogP contribution < -0.4 is 5.32 Å². The van der Waals surface area contributed by atoms with Gasteiger partial charge in [-0.25, -0.2) is 0 Å². The summed E-state index contributed by atoms with van der Waals surface area (Å²) in [6.07, 6.45) is 6.98. The van der Waals surface area contributed by atoms with E-state index in [1.165, 1.54) is 30.4 Å². The molecule has 1 atom stereocenters. The SMILES string of the molecule is CC(C)c1cccc(C2CCC3(C2)CN(C(=O)C2CC4(CCC(=O)N4)C2)C3)c1. The van der Waals surface area contributed by atoms with Gasteiger partial charge in [0, 0.05) is 36.4 Å². The van der Waals surface area contributed by atoms with Crippen molar-refractivity contribution in [2.45, 2.75) is 76.2 Å². The van der Waals surface area contributed by atoms with Crippen molar-refractivity contribution >= 4 is 11.8 Å². The highest BCUT2D eigenvalue weighted by atomic mass is 16.2. The Balaban J connectivity index is 1.16. The van der Waals surface area contributed by atoms with E-state index in [-0.39, 0.29) is 17.4 Å². The van der Waals surface area contributed by atoms with Crippen LogP contribution in [0.3, 0.4) is 0 Å². The lowest BCUT2D eigenvalue weighted by Crippen LogP contribution is -2.63. The van der Waals surface area contributed by atoms with E-state index in [2.05, 4.69) is 48.3 Å². The summed E-state index contributed by atoms with van der Waals surface area (Å²) in [5, 5.41) is 3.10. The summed E-state index contributed by atoms with van der Waals surface area (Å²) in [5.74, 6) is 1.85. The van der Waals surface area contributed by atoms with E-state index < -0.39 is 0 Å². The molecule has 2 amide bonds. The first kappa shape index (κ1) is 18.2. The number of hydrogen-bond donors (Lipinski definition) is 1. The zero-order chi connectivity index (χ0) is 19.5. The summed E-state index contributed by atoms with van der Waals surface area (Å²) in [6.45, 7) is 6.41. The normalized spacial score (nSPS) is 33.2. The van der Waals surface area contributed by atoms with Crippen molar-refractivity contribution < 1.29 is 9.59 Å². The van der Waals surface area contributed by atoms with Crippen LogP contribution in [0.5, 0.6) is 0 Å². The second-order valence-corrected chi connectivity index (χ2v) is 10.4. The van der Waals surface area contributed by atoms with Crippen LogP contribution in [0.1, 0.15) is 81.8 Å². The molecule has 2 saturated carbocycles. The van der Waals surface area contributed by atoms with E-state index >= 15 is 0 Å². The molecule has 0 radical (unpaired) electrons. The number of nitrogens with one attached hydrogen (secondary N) is 1. The molecule has 1 aromatic carbocycles. The molecular weight excluding hydrogens is 348 g/mol. The molecule has 1 N–H and O–H groups in total. The van der Waals surface area contributed by atoms with E-state index in [9.17, 15) is 9.59 Å². The molecular formula is C24H32N2O2. The van der Waals surface area contributed by atoms with Crippen LogP contribution in [0, 0.1) is 11.3 Å². The molecule has 4 fully saturated rings. The van der Waals surface area contributed by atoms with E-state index in [0.29, 0.717) is 29.6 Å². The van der Waals surface area contributed by atoms with Gasteiger partial charge in [-0.1, -0.05) is 38.1 Å². The number of likely N-dealkylation sites (tertiary alicyclic amines) is 1. The third kappa shape index (κ3) is 2.96. The number of benzene rings is 1. The van der Waals surface area contributed by atoms with Crippen LogP contribution in [0.25, 0.3) is 0 Å². The topological polar surface area (TPSA) is 49.4 Å². The molecule has 2 aliphatic heterocycles. The van der Waals surface area contributed by atoms with Gasteiger partial charge in [0.1, 0.15) is 0 Å². The van der Waals surface area contributed by atoms with Crippen LogP contribution in [0.2, 0.25) is 0 Å². The van der Waals surface area contributed by atoms with E-state index in [0.717, 1.165) is 32.4 Å². The highest BCUT2D eigenvalue weighted by Gasteiger charge is 2.55. The number of amides is 2. The van der Waals surface area contributed by atoms with Crippen LogP contribution in [0.15, 0.2) is 24.3 Å². The standard InChI is InChI=1S/C24H32N2O2/c1-16(2)17-4-3-5-18(10-17)19-6-8-23(11-19)14-26(15-23)22(28)20-12-24(13-20)9-7-21(27)25-24/h3-5,10,16,19-20H,6-9,11-15H2,1-2H3,(H,25,27). The highest BCUT2D eigenvalue weighted by molar-refractivity contribution is 5.84. The molecule has 1 unspecified atom stereocenters. The monoisotopic (exact) mass is 380 g/mol. The van der Waals surface area contributed by atoms with Gasteiger partial charge in [-0.05, 0) is 61.5 Å². The Kier molecular flexibility index (Phi) is 4.12. The van der Waals surface area contributed by atoms with Gasteiger partial charge in [0.25, 0.3) is 0 Å². The van der Waals surface area contributed by atoms with Crippen molar-refractivity contribution in [3.63, 3.8) is 0 Å². The average Bonchev–Trinajstić information content (AvgIpc) is 3.23. The van der Waals surface area contributed by atoms with Gasteiger partial charge in [-0.15, -0.1) is 0 Å². The van der Waals surface area contributed by atoms with Crippen LogP contribution in [0.4, 0.5) is 0 Å². The first-order chi connectivity index (χ1) is 13.4. The van der Waals surface area contributed by atoms with E-state index in [4.69, 9.17) is 0 Å². The van der Waals surface area contributed by atoms with Crippen molar-refractivity contribution in [3.05, 3.63) is 35.4 Å². The number of carbonyl (C=O) groups is 2. The fourth-order valence-electron chi connectivity index (χ4n) is 6.27. The molecule has 4 aliphatic rings. The second-order valence-electron chi connectivity index (χ2n) is 10.4. The number of nitrogens with zero attached hydrogens (tertiary/aromatic N) is 1. The van der Waals surface area contributed by atoms with Crippen LogP contribution in [-0.2, 0) is 9.59 Å². The predicted octanol–water partition coefficient (Wildman–Crippen LogP) is 3.96. The zero-order valence-corrected chi connectivity index (χ0v) is 17.2. The Hall–Kier alpha value is -1.84. The van der Waals surface area contributed by atoms with Gasteiger partial charge in [-0.3, -0.25) is 9.59 Å². The lowest BCUT2D eigenvalue weighted by atomic mass is 9.66. The molecule has 4 heteroatoms. The lowest BCUT2D eigenvalue weighted by molar-refractivity contribution is -0.153. The Morgan fingerprint density at radius 3 is 2.64 bits per heavy atom. The average molecular weight is 381 g/mol. The Morgan fingerprint density at radius 1 is 1.18 bits per heavy atom. The molecule has 150 valence electrons. The van der Waals surface area contributed by atoms with Gasteiger partial charge in [0.2, 0.25) is 11.8 Å². The van der Waals surface area contributed by atoms with Crippen LogP contribution in [-0.4, -0.2) is 35.3 Å².